The fourth-order valence-corrected chi connectivity index (χ4v) is 2.48. The van der Waals surface area contributed by atoms with Crippen molar-refractivity contribution < 1.29 is 9.90 Å². The molecule has 128 valence electrons. The maximum atomic E-state index is 12.1. The highest BCUT2D eigenvalue weighted by molar-refractivity contribution is 5.82. The van der Waals surface area contributed by atoms with Crippen LogP contribution in [0.15, 0.2) is 65.6 Å². The summed E-state index contributed by atoms with van der Waals surface area (Å²) in [4.78, 5) is 22.9. The van der Waals surface area contributed by atoms with Crippen LogP contribution in [0.5, 0.6) is 0 Å². The molecule has 3 aromatic rings. The van der Waals surface area contributed by atoms with Crippen LogP contribution >= 0.6 is 0 Å². The van der Waals surface area contributed by atoms with Gasteiger partial charge >= 0.3 is 6.09 Å². The van der Waals surface area contributed by atoms with Crippen LogP contribution in [0.3, 0.4) is 0 Å². The Balaban J connectivity index is 1.90. The Hall–Kier alpha value is -3.92. The van der Waals surface area contributed by atoms with Gasteiger partial charge in [-0.25, -0.2) is 9.48 Å². The number of anilines is 1. The van der Waals surface area contributed by atoms with E-state index in [4.69, 9.17) is 10.4 Å². The molecule has 0 unspecified atom stereocenters. The highest BCUT2D eigenvalue weighted by atomic mass is 16.4. The van der Waals surface area contributed by atoms with Crippen LogP contribution in [0.2, 0.25) is 0 Å². The predicted octanol–water partition coefficient (Wildman–Crippen LogP) is 2.78. The first-order valence-electron chi connectivity index (χ1n) is 7.73. The van der Waals surface area contributed by atoms with Crippen molar-refractivity contribution in [3.8, 4) is 11.8 Å². The van der Waals surface area contributed by atoms with Gasteiger partial charge in [0.2, 0.25) is 5.43 Å². The summed E-state index contributed by atoms with van der Waals surface area (Å²) in [6.45, 7) is 0. The highest BCUT2D eigenvalue weighted by Crippen LogP contribution is 2.13. The van der Waals surface area contributed by atoms with Gasteiger partial charge in [-0.2, -0.15) is 10.4 Å². The number of benzene rings is 2. The number of hydrogen-bond donors (Lipinski definition) is 2. The Kier molecular flexibility index (Phi) is 4.76. The number of rotatable bonds is 4. The van der Waals surface area contributed by atoms with Gasteiger partial charge in [0.25, 0.3) is 0 Å². The van der Waals surface area contributed by atoms with E-state index in [9.17, 15) is 9.59 Å². The second kappa shape index (κ2) is 7.32. The van der Waals surface area contributed by atoms with Crippen LogP contribution in [0, 0.1) is 11.3 Å². The summed E-state index contributed by atoms with van der Waals surface area (Å²) < 4.78 is 1.57. The fraction of sp³-hybridized carbons (Fsp3) is 0.0526. The molecule has 0 saturated heterocycles. The van der Waals surface area contributed by atoms with Crippen LogP contribution in [0.1, 0.15) is 16.8 Å². The molecule has 1 aromatic heterocycles. The molecule has 7 nitrogen and oxygen atoms in total. The van der Waals surface area contributed by atoms with Crippen molar-refractivity contribution in [2.45, 2.75) is 6.42 Å². The number of carboxylic acid groups (broad SMARTS) is 1. The molecule has 0 aliphatic rings. The molecule has 0 aliphatic carbocycles. The van der Waals surface area contributed by atoms with Crippen molar-refractivity contribution in [1.82, 2.24) is 9.78 Å². The van der Waals surface area contributed by atoms with Crippen LogP contribution in [0.4, 0.5) is 10.5 Å². The quantitative estimate of drug-likeness (QED) is 0.755. The lowest BCUT2D eigenvalue weighted by Crippen LogP contribution is -2.16. The standard InChI is InChI=1S/C19H14N4O3/c20-12-13-4-6-16(7-5-13)23-9-8-18(24)17(22-23)11-14-2-1-3-15(10-14)21-19(25)26/h1-10,21H,11H2,(H,25,26). The zero-order valence-electron chi connectivity index (χ0n) is 13.6. The topological polar surface area (TPSA) is 108 Å². The molecule has 0 bridgehead atoms. The van der Waals surface area contributed by atoms with E-state index in [1.807, 2.05) is 0 Å². The van der Waals surface area contributed by atoms with E-state index in [-0.39, 0.29) is 11.8 Å². The molecule has 0 aliphatic heterocycles. The molecule has 3 rings (SSSR count). The zero-order chi connectivity index (χ0) is 18.5. The lowest BCUT2D eigenvalue weighted by atomic mass is 10.1. The van der Waals surface area contributed by atoms with Gasteiger partial charge < -0.3 is 5.11 Å². The molecule has 0 radical (unpaired) electrons. The zero-order valence-corrected chi connectivity index (χ0v) is 13.6. The minimum atomic E-state index is -1.15. The summed E-state index contributed by atoms with van der Waals surface area (Å²) in [5.74, 6) is 0. The van der Waals surface area contributed by atoms with Gasteiger partial charge in [0, 0.05) is 24.4 Å². The van der Waals surface area contributed by atoms with E-state index in [0.29, 0.717) is 16.9 Å². The Morgan fingerprint density at radius 3 is 2.65 bits per heavy atom. The third-order valence-corrected chi connectivity index (χ3v) is 3.69. The van der Waals surface area contributed by atoms with E-state index in [2.05, 4.69) is 16.5 Å². The molecule has 0 saturated carbocycles. The van der Waals surface area contributed by atoms with Crippen molar-refractivity contribution in [2.75, 3.05) is 5.32 Å². The van der Waals surface area contributed by atoms with Gasteiger partial charge in [0.05, 0.1) is 17.3 Å². The van der Waals surface area contributed by atoms with Crippen LogP contribution in [-0.4, -0.2) is 21.0 Å². The van der Waals surface area contributed by atoms with Crippen molar-refractivity contribution in [2.24, 2.45) is 0 Å². The highest BCUT2D eigenvalue weighted by Gasteiger charge is 2.07. The van der Waals surface area contributed by atoms with Gasteiger partial charge in [0.1, 0.15) is 5.69 Å². The Morgan fingerprint density at radius 1 is 1.19 bits per heavy atom. The van der Waals surface area contributed by atoms with Crippen molar-refractivity contribution in [1.29, 1.82) is 5.26 Å². The van der Waals surface area contributed by atoms with E-state index in [1.54, 1.807) is 59.4 Å². The maximum absolute atomic E-state index is 12.1. The number of nitrogens with one attached hydrogen (secondary N) is 1. The first kappa shape index (κ1) is 16.9. The maximum Gasteiger partial charge on any atom is 0.409 e. The number of hydrogen-bond acceptors (Lipinski definition) is 4. The molecule has 0 atom stereocenters. The van der Waals surface area contributed by atoms with Crippen molar-refractivity contribution >= 4 is 11.8 Å². The van der Waals surface area contributed by atoms with Gasteiger partial charge in [-0.1, -0.05) is 12.1 Å². The summed E-state index contributed by atoms with van der Waals surface area (Å²) in [5.41, 5.74) is 2.59. The van der Waals surface area contributed by atoms with E-state index in [1.165, 1.54) is 6.07 Å². The first-order chi connectivity index (χ1) is 12.5. The van der Waals surface area contributed by atoms with Crippen LogP contribution in [-0.2, 0) is 6.42 Å². The molecule has 1 heterocycles. The van der Waals surface area contributed by atoms with Crippen molar-refractivity contribution in [3.05, 3.63) is 87.8 Å². The SMILES string of the molecule is N#Cc1ccc(-n2ccc(=O)c(Cc3cccc(NC(=O)O)c3)n2)cc1. The largest absolute Gasteiger partial charge is 0.465 e. The summed E-state index contributed by atoms with van der Waals surface area (Å²) >= 11 is 0. The normalized spacial score (nSPS) is 10.1. The molecule has 26 heavy (non-hydrogen) atoms. The molecular weight excluding hydrogens is 332 g/mol. The summed E-state index contributed by atoms with van der Waals surface area (Å²) in [7, 11) is 0. The monoisotopic (exact) mass is 346 g/mol. The third kappa shape index (κ3) is 3.94. The Bertz CT molecular complexity index is 1050. The minimum absolute atomic E-state index is 0.202. The van der Waals surface area contributed by atoms with Crippen LogP contribution < -0.4 is 10.7 Å². The lowest BCUT2D eigenvalue weighted by molar-refractivity contribution is 0.210. The molecule has 7 heteroatoms. The number of nitrogens with zero attached hydrogens (tertiary/aromatic N) is 3. The van der Waals surface area contributed by atoms with Crippen LogP contribution in [0.25, 0.3) is 5.69 Å². The Morgan fingerprint density at radius 2 is 1.96 bits per heavy atom. The van der Waals surface area contributed by atoms with Gasteiger partial charge in [-0.15, -0.1) is 0 Å². The smallest absolute Gasteiger partial charge is 0.409 e. The number of nitriles is 1. The number of amides is 1. The summed E-state index contributed by atoms with van der Waals surface area (Å²) in [5, 5.41) is 24.3. The number of aromatic nitrogens is 2. The van der Waals surface area contributed by atoms with Gasteiger partial charge in [-0.3, -0.25) is 10.1 Å². The summed E-state index contributed by atoms with van der Waals surface area (Å²) in [6, 6.07) is 17.1. The fourth-order valence-electron chi connectivity index (χ4n) is 2.48. The third-order valence-electron chi connectivity index (χ3n) is 3.69. The van der Waals surface area contributed by atoms with E-state index >= 15 is 0 Å². The van der Waals surface area contributed by atoms with Gasteiger partial charge in [0.15, 0.2) is 0 Å². The predicted molar refractivity (Wildman–Crippen MR) is 95.4 cm³/mol. The second-order valence-electron chi connectivity index (χ2n) is 5.54. The average Bonchev–Trinajstić information content (AvgIpc) is 2.63. The molecule has 0 fully saturated rings. The van der Waals surface area contributed by atoms with Crippen molar-refractivity contribution in [3.63, 3.8) is 0 Å². The molecular formula is C19H14N4O3. The van der Waals surface area contributed by atoms with Gasteiger partial charge in [-0.05, 0) is 42.0 Å². The summed E-state index contributed by atoms with van der Waals surface area (Å²) in [6.07, 6.45) is 0.684. The second-order valence-corrected chi connectivity index (χ2v) is 5.54. The lowest BCUT2D eigenvalue weighted by Gasteiger charge is -2.08. The average molecular weight is 346 g/mol. The molecule has 1 amide bonds. The first-order valence-corrected chi connectivity index (χ1v) is 7.73. The molecule has 2 N–H and O–H groups in total. The molecule has 0 spiro atoms. The Labute approximate surface area is 148 Å². The van der Waals surface area contributed by atoms with E-state index < -0.39 is 6.09 Å². The number of carbonyl (C=O) groups is 1. The van der Waals surface area contributed by atoms with E-state index in [0.717, 1.165) is 11.3 Å². The molecule has 2 aromatic carbocycles. The minimum Gasteiger partial charge on any atom is -0.465 e.